The van der Waals surface area contributed by atoms with Gasteiger partial charge in [-0.3, -0.25) is 9.79 Å². The number of rotatable bonds is 3. The Labute approximate surface area is 184 Å². The maximum Gasteiger partial charge on any atom is 0.454 e. The van der Waals surface area contributed by atoms with Crippen LogP contribution in [0.2, 0.25) is 0 Å². The molecule has 0 aromatic heterocycles. The maximum absolute atomic E-state index is 14.0. The van der Waals surface area contributed by atoms with Crippen LogP contribution in [0, 0.1) is 0 Å². The SMILES string of the molecule is COc1ccc(C2N=C(C(F)(F)F)c3cc(C(=O)C(F)(F)F)c4ccccc4c3N2C)cc1. The minimum atomic E-state index is -5.25. The third-order valence-corrected chi connectivity index (χ3v) is 5.43. The summed E-state index contributed by atoms with van der Waals surface area (Å²) in [6.45, 7) is 0. The van der Waals surface area contributed by atoms with E-state index in [4.69, 9.17) is 4.74 Å². The summed E-state index contributed by atoms with van der Waals surface area (Å²) in [5.41, 5.74) is -2.33. The monoisotopic (exact) mass is 466 g/mol. The molecule has 4 nitrogen and oxygen atoms in total. The Bertz CT molecular complexity index is 1260. The van der Waals surface area contributed by atoms with Gasteiger partial charge in [-0.05, 0) is 29.1 Å². The zero-order valence-electron chi connectivity index (χ0n) is 17.3. The predicted octanol–water partition coefficient (Wildman–Crippen LogP) is 6.09. The highest BCUT2D eigenvalue weighted by Crippen LogP contribution is 2.45. The van der Waals surface area contributed by atoms with Crippen molar-refractivity contribution in [3.8, 4) is 5.75 Å². The average Bonchev–Trinajstić information content (AvgIpc) is 2.76. The summed E-state index contributed by atoms with van der Waals surface area (Å²) in [6.07, 6.45) is -11.3. The number of alkyl halides is 6. The first-order valence-electron chi connectivity index (χ1n) is 9.63. The summed E-state index contributed by atoms with van der Waals surface area (Å²) in [7, 11) is 2.95. The van der Waals surface area contributed by atoms with Gasteiger partial charge in [0.05, 0.1) is 12.8 Å². The lowest BCUT2D eigenvalue weighted by Crippen LogP contribution is -2.36. The number of anilines is 1. The quantitative estimate of drug-likeness (QED) is 0.346. The van der Waals surface area contributed by atoms with Crippen molar-refractivity contribution in [3.63, 3.8) is 0 Å². The van der Waals surface area contributed by atoms with Crippen LogP contribution in [0.1, 0.15) is 27.7 Å². The Morgan fingerprint density at radius 3 is 2.12 bits per heavy atom. The highest BCUT2D eigenvalue weighted by molar-refractivity contribution is 6.21. The molecule has 0 N–H and O–H groups in total. The molecular weight excluding hydrogens is 450 g/mol. The van der Waals surface area contributed by atoms with Crippen molar-refractivity contribution < 1.29 is 35.9 Å². The van der Waals surface area contributed by atoms with Gasteiger partial charge < -0.3 is 9.64 Å². The first-order chi connectivity index (χ1) is 15.4. The lowest BCUT2D eigenvalue weighted by Gasteiger charge is -2.36. The van der Waals surface area contributed by atoms with Crippen molar-refractivity contribution in [1.29, 1.82) is 0 Å². The molecule has 0 saturated carbocycles. The molecule has 0 spiro atoms. The van der Waals surface area contributed by atoms with Crippen molar-refractivity contribution in [1.82, 2.24) is 0 Å². The number of ether oxygens (including phenoxy) is 1. The smallest absolute Gasteiger partial charge is 0.454 e. The predicted molar refractivity (Wildman–Crippen MR) is 111 cm³/mol. The van der Waals surface area contributed by atoms with E-state index in [2.05, 4.69) is 4.99 Å². The summed E-state index contributed by atoms with van der Waals surface area (Å²) in [5, 5.41) is -0.0115. The maximum atomic E-state index is 14.0. The standard InChI is InChI=1S/C23H16F6N2O2/c1-31-18-15-6-4-3-5-14(15)16(20(32)23(27,28)29)11-17(18)19(22(24,25)26)30-21(31)12-7-9-13(33-2)10-8-12/h3-11,21H,1-2H3. The van der Waals surface area contributed by atoms with Crippen molar-refractivity contribution in [2.75, 3.05) is 19.1 Å². The topological polar surface area (TPSA) is 41.9 Å². The molecule has 1 unspecified atom stereocenters. The second-order valence-corrected chi connectivity index (χ2v) is 7.43. The molecule has 0 saturated heterocycles. The number of aliphatic imine (C=N–C) groups is 1. The third kappa shape index (κ3) is 3.90. The molecule has 0 amide bonds. The average molecular weight is 466 g/mol. The summed E-state index contributed by atoms with van der Waals surface area (Å²) < 4.78 is 86.9. The number of halogens is 6. The Balaban J connectivity index is 2.02. The van der Waals surface area contributed by atoms with Crippen LogP contribution < -0.4 is 9.64 Å². The molecule has 0 aliphatic carbocycles. The number of hydrogen-bond acceptors (Lipinski definition) is 4. The van der Waals surface area contributed by atoms with E-state index in [-0.39, 0.29) is 16.5 Å². The molecule has 10 heteroatoms. The molecule has 33 heavy (non-hydrogen) atoms. The number of methoxy groups -OCH3 is 1. The van der Waals surface area contributed by atoms with E-state index in [1.54, 1.807) is 24.3 Å². The fourth-order valence-corrected chi connectivity index (χ4v) is 3.96. The Kier molecular flexibility index (Phi) is 5.34. The van der Waals surface area contributed by atoms with E-state index in [1.165, 1.54) is 43.3 Å². The molecule has 1 aliphatic rings. The number of benzene rings is 3. The van der Waals surface area contributed by atoms with Crippen LogP contribution in [0.5, 0.6) is 5.75 Å². The Hall–Kier alpha value is -3.56. The lowest BCUT2D eigenvalue weighted by molar-refractivity contribution is -0.0884. The largest absolute Gasteiger partial charge is 0.497 e. The minimum absolute atomic E-state index is 0.0347. The number of nitrogens with zero attached hydrogens (tertiary/aromatic N) is 2. The number of fused-ring (bicyclic) bond motifs is 3. The molecule has 3 aromatic rings. The van der Waals surface area contributed by atoms with E-state index in [9.17, 15) is 31.1 Å². The van der Waals surface area contributed by atoms with Gasteiger partial charge >= 0.3 is 12.4 Å². The molecule has 0 radical (unpaired) electrons. The fraction of sp³-hybridized carbons (Fsp3) is 0.217. The summed E-state index contributed by atoms with van der Waals surface area (Å²) in [6, 6.07) is 12.5. The van der Waals surface area contributed by atoms with Gasteiger partial charge in [-0.25, -0.2) is 0 Å². The van der Waals surface area contributed by atoms with Gasteiger partial charge in [0.2, 0.25) is 0 Å². The Morgan fingerprint density at radius 2 is 1.58 bits per heavy atom. The molecule has 4 rings (SSSR count). The zero-order valence-corrected chi connectivity index (χ0v) is 17.3. The molecule has 1 aliphatic heterocycles. The first kappa shape index (κ1) is 22.6. The number of Topliss-reactive ketones (excluding diaryl/α,β-unsaturated/α-hetero) is 1. The van der Waals surface area contributed by atoms with E-state index in [1.807, 2.05) is 0 Å². The van der Waals surface area contributed by atoms with Gasteiger partial charge in [0.25, 0.3) is 5.78 Å². The van der Waals surface area contributed by atoms with Gasteiger partial charge in [0.1, 0.15) is 11.9 Å². The second kappa shape index (κ2) is 7.79. The van der Waals surface area contributed by atoms with Gasteiger partial charge in [-0.15, -0.1) is 0 Å². The Morgan fingerprint density at radius 1 is 0.970 bits per heavy atom. The second-order valence-electron chi connectivity index (χ2n) is 7.43. The van der Waals surface area contributed by atoms with Crippen LogP contribution in [-0.2, 0) is 0 Å². The van der Waals surface area contributed by atoms with Crippen LogP contribution in [0.15, 0.2) is 59.6 Å². The highest BCUT2D eigenvalue weighted by atomic mass is 19.4. The van der Waals surface area contributed by atoms with E-state index >= 15 is 0 Å². The third-order valence-electron chi connectivity index (χ3n) is 5.43. The zero-order chi connectivity index (χ0) is 24.1. The highest BCUT2D eigenvalue weighted by Gasteiger charge is 2.45. The van der Waals surface area contributed by atoms with Crippen molar-refractivity contribution in [2.45, 2.75) is 18.5 Å². The molecule has 3 aromatic carbocycles. The van der Waals surface area contributed by atoms with Crippen molar-refractivity contribution in [2.24, 2.45) is 4.99 Å². The summed E-state index contributed by atoms with van der Waals surface area (Å²) >= 11 is 0. The fourth-order valence-electron chi connectivity index (χ4n) is 3.96. The molecular formula is C23H16F6N2O2. The molecule has 0 bridgehead atoms. The van der Waals surface area contributed by atoms with Crippen LogP contribution >= 0.6 is 0 Å². The van der Waals surface area contributed by atoms with E-state index in [0.29, 0.717) is 17.4 Å². The van der Waals surface area contributed by atoms with Crippen LogP contribution in [0.3, 0.4) is 0 Å². The minimum Gasteiger partial charge on any atom is -0.497 e. The molecule has 0 fully saturated rings. The lowest BCUT2D eigenvalue weighted by atomic mass is 9.91. The number of carbonyl (C=O) groups is 1. The van der Waals surface area contributed by atoms with Crippen LogP contribution in [0.25, 0.3) is 10.8 Å². The van der Waals surface area contributed by atoms with Crippen LogP contribution in [0.4, 0.5) is 32.0 Å². The summed E-state index contributed by atoms with van der Waals surface area (Å²) in [4.78, 5) is 17.4. The normalized spacial score (nSPS) is 16.4. The van der Waals surface area contributed by atoms with Crippen molar-refractivity contribution >= 4 is 28.0 Å². The number of ketones is 1. The van der Waals surface area contributed by atoms with Crippen molar-refractivity contribution in [3.05, 3.63) is 71.3 Å². The number of carbonyl (C=O) groups excluding carboxylic acids is 1. The summed E-state index contributed by atoms with van der Waals surface area (Å²) in [5.74, 6) is -1.72. The van der Waals surface area contributed by atoms with Gasteiger partial charge in [0, 0.05) is 23.6 Å². The van der Waals surface area contributed by atoms with Gasteiger partial charge in [0.15, 0.2) is 5.71 Å². The molecule has 172 valence electrons. The molecule has 1 heterocycles. The number of hydrogen-bond donors (Lipinski definition) is 0. The first-order valence-corrected chi connectivity index (χ1v) is 9.63. The van der Waals surface area contributed by atoms with Gasteiger partial charge in [-0.1, -0.05) is 36.4 Å². The van der Waals surface area contributed by atoms with Crippen LogP contribution in [-0.4, -0.2) is 38.0 Å². The van der Waals surface area contributed by atoms with E-state index in [0.717, 1.165) is 0 Å². The van der Waals surface area contributed by atoms with Gasteiger partial charge in [-0.2, -0.15) is 26.3 Å². The molecule has 1 atom stereocenters. The van der Waals surface area contributed by atoms with E-state index < -0.39 is 41.1 Å².